The SMILES string of the molecule is O=C1OC2C3CC(CC13)C2OC(=O)C1(CI)C[I-]1. The van der Waals surface area contributed by atoms with Crippen LogP contribution in [0.5, 0.6) is 0 Å². The molecule has 0 amide bonds. The first kappa shape index (κ1) is 12.2. The Morgan fingerprint density at radius 3 is 3.00 bits per heavy atom. The van der Waals surface area contributed by atoms with Crippen molar-refractivity contribution in [2.75, 3.05) is 8.86 Å². The van der Waals surface area contributed by atoms with Crippen molar-refractivity contribution in [3.63, 3.8) is 0 Å². The van der Waals surface area contributed by atoms with Gasteiger partial charge in [0.1, 0.15) is 0 Å². The number of carbonyl (C=O) groups is 2. The molecule has 0 aromatic heterocycles. The molecule has 0 spiro atoms. The summed E-state index contributed by atoms with van der Waals surface area (Å²) in [5, 5.41) is 0. The van der Waals surface area contributed by atoms with Gasteiger partial charge in [0.15, 0.2) is 0 Å². The molecule has 2 saturated carbocycles. The minimum atomic E-state index is -0.144. The van der Waals surface area contributed by atoms with Crippen molar-refractivity contribution in [2.24, 2.45) is 17.8 Å². The Labute approximate surface area is 129 Å². The Bertz CT molecular complexity index is 434. The van der Waals surface area contributed by atoms with Crippen LogP contribution in [0.3, 0.4) is 0 Å². The second kappa shape index (κ2) is 3.95. The number of esters is 2. The van der Waals surface area contributed by atoms with Crippen LogP contribution in [0.4, 0.5) is 0 Å². The van der Waals surface area contributed by atoms with Crippen LogP contribution in [0.25, 0.3) is 0 Å². The standard InChI is InChI=1S/C12H13I2O4/c13-3-12(4-14-12)11(16)18-8-5-1-6-7(2-5)10(15)17-9(6)8/h5-9H,1-4H2/q-1. The quantitative estimate of drug-likeness (QED) is 0.264. The Kier molecular flexibility index (Phi) is 2.67. The van der Waals surface area contributed by atoms with Crippen molar-refractivity contribution in [1.29, 1.82) is 0 Å². The van der Waals surface area contributed by atoms with Gasteiger partial charge in [0.2, 0.25) is 0 Å². The Balaban J connectivity index is 1.51. The Morgan fingerprint density at radius 2 is 2.33 bits per heavy atom. The zero-order chi connectivity index (χ0) is 12.5. The minimum absolute atomic E-state index is 0.00967. The molecule has 6 heteroatoms. The van der Waals surface area contributed by atoms with E-state index in [0.29, 0.717) is 11.8 Å². The molecule has 2 saturated heterocycles. The fourth-order valence-electron chi connectivity index (χ4n) is 3.61. The van der Waals surface area contributed by atoms with E-state index in [2.05, 4.69) is 22.6 Å². The third kappa shape index (κ3) is 1.53. The molecule has 0 aromatic carbocycles. The van der Waals surface area contributed by atoms with Crippen LogP contribution < -0.4 is 21.2 Å². The van der Waals surface area contributed by atoms with Gasteiger partial charge in [0, 0.05) is 0 Å². The van der Waals surface area contributed by atoms with Crippen LogP contribution in [-0.4, -0.2) is 36.4 Å². The normalized spacial score (nSPS) is 51.8. The molecule has 4 fully saturated rings. The molecule has 6 unspecified atom stereocenters. The van der Waals surface area contributed by atoms with E-state index in [1.807, 2.05) is 0 Å². The maximum atomic E-state index is 12.2. The van der Waals surface area contributed by atoms with Gasteiger partial charge in [0.25, 0.3) is 0 Å². The topological polar surface area (TPSA) is 52.6 Å². The number of hydrogen-bond donors (Lipinski definition) is 0. The van der Waals surface area contributed by atoms with Crippen LogP contribution >= 0.6 is 22.6 Å². The zero-order valence-electron chi connectivity index (χ0n) is 9.60. The molecule has 2 aliphatic carbocycles. The van der Waals surface area contributed by atoms with E-state index in [1.54, 1.807) is 0 Å². The molecule has 0 radical (unpaired) electrons. The molecule has 2 aliphatic heterocycles. The van der Waals surface area contributed by atoms with E-state index in [1.165, 1.54) is 0 Å². The van der Waals surface area contributed by atoms with Gasteiger partial charge in [0.05, 0.1) is 0 Å². The summed E-state index contributed by atoms with van der Waals surface area (Å²) in [5.41, 5.74) is 0. The first-order valence-electron chi connectivity index (χ1n) is 6.22. The predicted octanol–water partition coefficient (Wildman–Crippen LogP) is -2.24. The van der Waals surface area contributed by atoms with Crippen LogP contribution in [0.2, 0.25) is 0 Å². The van der Waals surface area contributed by atoms with Crippen LogP contribution in [0.1, 0.15) is 12.8 Å². The second-order valence-corrected chi connectivity index (χ2v) is 9.99. The van der Waals surface area contributed by atoms with E-state index >= 15 is 0 Å². The summed E-state index contributed by atoms with van der Waals surface area (Å²) in [7, 11) is 0. The second-order valence-electron chi connectivity index (χ2n) is 5.64. The first-order valence-corrected chi connectivity index (χ1v) is 10.4. The predicted molar refractivity (Wildman–Crippen MR) is 65.9 cm³/mol. The summed E-state index contributed by atoms with van der Waals surface area (Å²) < 4.78 is 13.0. The molecule has 6 atom stereocenters. The molecule has 2 bridgehead atoms. The van der Waals surface area contributed by atoms with Gasteiger partial charge >= 0.3 is 130 Å². The molecule has 0 aromatic rings. The van der Waals surface area contributed by atoms with Crippen molar-refractivity contribution >= 4 is 34.5 Å². The molecule has 0 N–H and O–H groups in total. The summed E-state index contributed by atoms with van der Waals surface area (Å²) in [6.07, 6.45) is 1.60. The third-order valence-corrected chi connectivity index (χ3v) is 10.9. The van der Waals surface area contributed by atoms with Crippen molar-refractivity contribution in [3.8, 4) is 0 Å². The summed E-state index contributed by atoms with van der Waals surface area (Å²) in [6.45, 7) is 0. The number of fused-ring (bicyclic) bond motifs is 1. The van der Waals surface area contributed by atoms with Crippen LogP contribution in [0, 0.1) is 17.8 Å². The number of alkyl halides is 3. The molecular formula is C12H13I2O4-. The summed E-state index contributed by atoms with van der Waals surface area (Å²) in [6, 6.07) is 0. The number of hydrogen-bond acceptors (Lipinski definition) is 4. The summed E-state index contributed by atoms with van der Waals surface area (Å²) in [4.78, 5) is 23.8. The van der Waals surface area contributed by atoms with E-state index in [-0.39, 0.29) is 54.7 Å². The van der Waals surface area contributed by atoms with E-state index in [0.717, 1.165) is 21.7 Å². The van der Waals surface area contributed by atoms with Crippen molar-refractivity contribution in [3.05, 3.63) is 0 Å². The fourth-order valence-corrected chi connectivity index (χ4v) is 8.27. The van der Waals surface area contributed by atoms with Gasteiger partial charge < -0.3 is 0 Å². The van der Waals surface area contributed by atoms with E-state index in [4.69, 9.17) is 9.47 Å². The first-order chi connectivity index (χ1) is 8.64. The van der Waals surface area contributed by atoms with Crippen molar-refractivity contribution in [1.82, 2.24) is 0 Å². The number of halogens is 2. The average molecular weight is 475 g/mol. The molecule has 18 heavy (non-hydrogen) atoms. The Morgan fingerprint density at radius 1 is 1.56 bits per heavy atom. The van der Waals surface area contributed by atoms with Gasteiger partial charge in [-0.15, -0.1) is 0 Å². The maximum absolute atomic E-state index is 12.2. The van der Waals surface area contributed by atoms with Gasteiger partial charge in [-0.1, -0.05) is 0 Å². The van der Waals surface area contributed by atoms with Crippen LogP contribution in [-0.2, 0) is 19.1 Å². The molecule has 4 nitrogen and oxygen atoms in total. The van der Waals surface area contributed by atoms with Crippen LogP contribution in [0.15, 0.2) is 0 Å². The number of carbonyl (C=O) groups excluding carboxylic acids is 2. The van der Waals surface area contributed by atoms with Gasteiger partial charge in [-0.25, -0.2) is 0 Å². The Hall–Kier alpha value is 0.400. The van der Waals surface area contributed by atoms with Gasteiger partial charge in [-0.3, -0.25) is 0 Å². The van der Waals surface area contributed by atoms with Gasteiger partial charge in [-0.2, -0.15) is 0 Å². The average Bonchev–Trinajstić information content (AvgIpc) is 2.87. The van der Waals surface area contributed by atoms with E-state index < -0.39 is 0 Å². The number of ether oxygens (including phenoxy) is 2. The summed E-state index contributed by atoms with van der Waals surface area (Å²) in [5.74, 6) is 0.713. The molecule has 100 valence electrons. The number of rotatable bonds is 3. The zero-order valence-corrected chi connectivity index (χ0v) is 13.9. The van der Waals surface area contributed by atoms with Gasteiger partial charge in [-0.05, 0) is 0 Å². The fraction of sp³-hybridized carbons (Fsp3) is 0.833. The molecular weight excluding hydrogens is 462 g/mol. The summed E-state index contributed by atoms with van der Waals surface area (Å²) >= 11 is 2.29. The van der Waals surface area contributed by atoms with E-state index in [9.17, 15) is 9.59 Å². The van der Waals surface area contributed by atoms with Crippen molar-refractivity contribution in [2.45, 2.75) is 28.5 Å². The molecule has 2 heterocycles. The monoisotopic (exact) mass is 475 g/mol. The third-order valence-electron chi connectivity index (χ3n) is 4.69. The van der Waals surface area contributed by atoms with Crippen molar-refractivity contribution < 1.29 is 40.3 Å². The molecule has 4 aliphatic rings. The molecule has 4 rings (SSSR count).